The molecule has 0 heterocycles. The van der Waals surface area contributed by atoms with Gasteiger partial charge in [-0.3, -0.25) is 4.79 Å². The molecule has 1 N–H and O–H groups in total. The van der Waals surface area contributed by atoms with E-state index in [1.54, 1.807) is 12.1 Å². The molecule has 16 heavy (non-hydrogen) atoms. The second-order valence-electron chi connectivity index (χ2n) is 4.27. The number of hydrogen-bond donors (Lipinski definition) is 1. The lowest BCUT2D eigenvalue weighted by Crippen LogP contribution is -2.24. The van der Waals surface area contributed by atoms with E-state index in [0.717, 1.165) is 12.0 Å². The van der Waals surface area contributed by atoms with Crippen LogP contribution in [0, 0.1) is 11.8 Å². The van der Waals surface area contributed by atoms with Gasteiger partial charge in [-0.2, -0.15) is 0 Å². The first kappa shape index (κ1) is 11.7. The van der Waals surface area contributed by atoms with E-state index in [4.69, 9.17) is 23.2 Å². The number of halogens is 2. The molecule has 2 unspecified atom stereocenters. The van der Waals surface area contributed by atoms with Crippen LogP contribution in [-0.2, 0) is 11.3 Å². The molecule has 0 aromatic heterocycles. The lowest BCUT2D eigenvalue weighted by molar-refractivity contribution is -0.122. The summed E-state index contributed by atoms with van der Waals surface area (Å²) in [6.45, 7) is 2.55. The fraction of sp³-hybridized carbons (Fsp3) is 0.417. The van der Waals surface area contributed by atoms with E-state index in [1.807, 2.05) is 6.07 Å². The van der Waals surface area contributed by atoms with Crippen molar-refractivity contribution in [1.29, 1.82) is 0 Å². The average molecular weight is 258 g/mol. The summed E-state index contributed by atoms with van der Waals surface area (Å²) in [5.41, 5.74) is 0.896. The van der Waals surface area contributed by atoms with Crippen LogP contribution in [0.25, 0.3) is 0 Å². The van der Waals surface area contributed by atoms with E-state index in [9.17, 15) is 4.79 Å². The van der Waals surface area contributed by atoms with Gasteiger partial charge in [-0.15, -0.1) is 0 Å². The van der Waals surface area contributed by atoms with E-state index in [-0.39, 0.29) is 11.8 Å². The SMILES string of the molecule is CC1CC1C(=O)NCc1ccc(Cl)cc1Cl. The molecular formula is C12H13Cl2NO. The molecule has 1 saturated carbocycles. The molecule has 1 aromatic rings. The maximum absolute atomic E-state index is 11.6. The Balaban J connectivity index is 1.92. The van der Waals surface area contributed by atoms with Crippen molar-refractivity contribution in [2.75, 3.05) is 0 Å². The maximum atomic E-state index is 11.6. The summed E-state index contributed by atoms with van der Waals surface area (Å²) in [5.74, 6) is 0.852. The second kappa shape index (κ2) is 4.64. The molecule has 1 fully saturated rings. The molecular weight excluding hydrogens is 245 g/mol. The van der Waals surface area contributed by atoms with Crippen LogP contribution in [0.1, 0.15) is 18.9 Å². The van der Waals surface area contributed by atoms with Crippen LogP contribution in [0.4, 0.5) is 0 Å². The van der Waals surface area contributed by atoms with E-state index in [2.05, 4.69) is 12.2 Å². The van der Waals surface area contributed by atoms with Crippen LogP contribution in [0.2, 0.25) is 10.0 Å². The monoisotopic (exact) mass is 257 g/mol. The Morgan fingerprint density at radius 2 is 2.19 bits per heavy atom. The predicted molar refractivity (Wildman–Crippen MR) is 65.6 cm³/mol. The second-order valence-corrected chi connectivity index (χ2v) is 5.12. The average Bonchev–Trinajstić information content (AvgIpc) is 2.94. The first-order chi connectivity index (χ1) is 7.58. The van der Waals surface area contributed by atoms with Crippen LogP contribution < -0.4 is 5.32 Å². The molecule has 2 nitrogen and oxygen atoms in total. The predicted octanol–water partition coefficient (Wildman–Crippen LogP) is 3.27. The normalized spacial score (nSPS) is 22.9. The van der Waals surface area contributed by atoms with Crippen LogP contribution >= 0.6 is 23.2 Å². The molecule has 1 aliphatic carbocycles. The molecule has 2 atom stereocenters. The minimum Gasteiger partial charge on any atom is -0.352 e. The third-order valence-electron chi connectivity index (χ3n) is 2.91. The van der Waals surface area contributed by atoms with Crippen molar-refractivity contribution in [1.82, 2.24) is 5.32 Å². The summed E-state index contributed by atoms with van der Waals surface area (Å²) in [6, 6.07) is 5.29. The number of hydrogen-bond acceptors (Lipinski definition) is 1. The quantitative estimate of drug-likeness (QED) is 0.885. The molecule has 1 aromatic carbocycles. The Labute approximate surface area is 105 Å². The van der Waals surface area contributed by atoms with E-state index in [1.165, 1.54) is 0 Å². The summed E-state index contributed by atoms with van der Waals surface area (Å²) in [7, 11) is 0. The lowest BCUT2D eigenvalue weighted by Gasteiger charge is -2.06. The van der Waals surface area contributed by atoms with Crippen molar-refractivity contribution in [2.24, 2.45) is 11.8 Å². The van der Waals surface area contributed by atoms with Crippen molar-refractivity contribution < 1.29 is 4.79 Å². The fourth-order valence-electron chi connectivity index (χ4n) is 1.67. The van der Waals surface area contributed by atoms with Crippen molar-refractivity contribution in [3.63, 3.8) is 0 Å². The van der Waals surface area contributed by atoms with Gasteiger partial charge in [-0.1, -0.05) is 36.2 Å². The van der Waals surface area contributed by atoms with Crippen molar-refractivity contribution in [3.8, 4) is 0 Å². The number of benzene rings is 1. The van der Waals surface area contributed by atoms with Crippen LogP contribution in [0.3, 0.4) is 0 Å². The number of nitrogens with one attached hydrogen (secondary N) is 1. The zero-order valence-corrected chi connectivity index (χ0v) is 10.5. The molecule has 0 aliphatic heterocycles. The summed E-state index contributed by atoms with van der Waals surface area (Å²) < 4.78 is 0. The van der Waals surface area contributed by atoms with Crippen LogP contribution in [-0.4, -0.2) is 5.91 Å². The van der Waals surface area contributed by atoms with Crippen LogP contribution in [0.5, 0.6) is 0 Å². The topological polar surface area (TPSA) is 29.1 Å². The smallest absolute Gasteiger partial charge is 0.223 e. The number of carbonyl (C=O) groups is 1. The van der Waals surface area contributed by atoms with Gasteiger partial charge in [-0.05, 0) is 30.0 Å². The van der Waals surface area contributed by atoms with Gasteiger partial charge in [0.15, 0.2) is 0 Å². The Hall–Kier alpha value is -0.730. The highest BCUT2D eigenvalue weighted by molar-refractivity contribution is 6.35. The van der Waals surface area contributed by atoms with Crippen molar-refractivity contribution >= 4 is 29.1 Å². The largest absolute Gasteiger partial charge is 0.352 e. The Bertz CT molecular complexity index is 419. The summed E-state index contributed by atoms with van der Waals surface area (Å²) in [5, 5.41) is 4.09. The van der Waals surface area contributed by atoms with Gasteiger partial charge in [-0.25, -0.2) is 0 Å². The number of amides is 1. The Morgan fingerprint density at radius 3 is 2.75 bits per heavy atom. The first-order valence-electron chi connectivity index (χ1n) is 5.29. The standard InChI is InChI=1S/C12H13Cl2NO/c1-7-4-10(7)12(16)15-6-8-2-3-9(13)5-11(8)14/h2-3,5,7,10H,4,6H2,1H3,(H,15,16). The molecule has 1 amide bonds. The van der Waals surface area contributed by atoms with Gasteiger partial charge in [0.2, 0.25) is 5.91 Å². The van der Waals surface area contributed by atoms with Crippen molar-refractivity contribution in [2.45, 2.75) is 19.9 Å². The molecule has 2 rings (SSSR count). The summed E-state index contributed by atoms with van der Waals surface area (Å²) in [6.07, 6.45) is 1.00. The van der Waals surface area contributed by atoms with Gasteiger partial charge >= 0.3 is 0 Å². The highest BCUT2D eigenvalue weighted by Gasteiger charge is 2.38. The molecule has 86 valence electrons. The molecule has 0 saturated heterocycles. The number of rotatable bonds is 3. The third-order valence-corrected chi connectivity index (χ3v) is 3.50. The number of carbonyl (C=O) groups excluding carboxylic acids is 1. The highest BCUT2D eigenvalue weighted by atomic mass is 35.5. The van der Waals surface area contributed by atoms with E-state index < -0.39 is 0 Å². The summed E-state index contributed by atoms with van der Waals surface area (Å²) >= 11 is 11.8. The zero-order valence-electron chi connectivity index (χ0n) is 8.97. The van der Waals surface area contributed by atoms with Gasteiger partial charge < -0.3 is 5.32 Å². The molecule has 0 bridgehead atoms. The fourth-order valence-corrected chi connectivity index (χ4v) is 2.14. The van der Waals surface area contributed by atoms with Crippen molar-refractivity contribution in [3.05, 3.63) is 33.8 Å². The van der Waals surface area contributed by atoms with Gasteiger partial charge in [0, 0.05) is 22.5 Å². The molecule has 1 aliphatic rings. The minimum atomic E-state index is 0.124. The lowest BCUT2D eigenvalue weighted by atomic mass is 10.2. The van der Waals surface area contributed by atoms with Gasteiger partial charge in [0.25, 0.3) is 0 Å². The van der Waals surface area contributed by atoms with E-state index in [0.29, 0.717) is 22.5 Å². The molecule has 0 radical (unpaired) electrons. The Kier molecular flexibility index (Phi) is 3.41. The molecule has 0 spiro atoms. The molecule has 4 heteroatoms. The minimum absolute atomic E-state index is 0.124. The van der Waals surface area contributed by atoms with Gasteiger partial charge in [0.05, 0.1) is 0 Å². The first-order valence-corrected chi connectivity index (χ1v) is 6.05. The third kappa shape index (κ3) is 2.69. The van der Waals surface area contributed by atoms with Gasteiger partial charge in [0.1, 0.15) is 0 Å². The van der Waals surface area contributed by atoms with E-state index >= 15 is 0 Å². The summed E-state index contributed by atoms with van der Waals surface area (Å²) in [4.78, 5) is 11.6. The van der Waals surface area contributed by atoms with Crippen LogP contribution in [0.15, 0.2) is 18.2 Å². The highest BCUT2D eigenvalue weighted by Crippen LogP contribution is 2.37. The Morgan fingerprint density at radius 1 is 1.50 bits per heavy atom. The zero-order chi connectivity index (χ0) is 11.7. The maximum Gasteiger partial charge on any atom is 0.223 e.